The molecule has 1 aliphatic carbocycles. The molecule has 2 unspecified atom stereocenters. The first-order chi connectivity index (χ1) is 13.5. The largest absolute Gasteiger partial charge is 0.465 e. The minimum Gasteiger partial charge on any atom is -0.465 e. The Morgan fingerprint density at radius 3 is 2.50 bits per heavy atom. The molecule has 1 saturated carbocycles. The second kappa shape index (κ2) is 10.1. The van der Waals surface area contributed by atoms with Crippen molar-refractivity contribution in [2.24, 2.45) is 5.92 Å². The first kappa shape index (κ1) is 20.9. The van der Waals surface area contributed by atoms with Crippen LogP contribution in [0.3, 0.4) is 0 Å². The van der Waals surface area contributed by atoms with Gasteiger partial charge in [0.1, 0.15) is 17.6 Å². The lowest BCUT2D eigenvalue weighted by atomic mass is 9.87. The van der Waals surface area contributed by atoms with Gasteiger partial charge in [-0.2, -0.15) is 0 Å². The van der Waals surface area contributed by atoms with Crippen LogP contribution in [0, 0.1) is 12.8 Å². The number of carbonyl (C=O) groups excluding carboxylic acids is 2. The number of likely N-dealkylation sites (tertiary alicyclic amines) is 1. The number of amides is 2. The maximum atomic E-state index is 12.6. The van der Waals surface area contributed by atoms with E-state index in [9.17, 15) is 9.59 Å². The van der Waals surface area contributed by atoms with Crippen LogP contribution >= 0.6 is 0 Å². The van der Waals surface area contributed by atoms with Gasteiger partial charge in [0.2, 0.25) is 11.8 Å². The molecule has 2 N–H and O–H groups in total. The Balaban J connectivity index is 1.48. The van der Waals surface area contributed by atoms with E-state index in [0.29, 0.717) is 18.9 Å². The SMILES string of the molecule is Cc1ccc(C(CNC(=O)C(C)NC(=O)CC2CCCCC2)N2CCCC2)o1. The Hall–Kier alpha value is -1.82. The monoisotopic (exact) mass is 389 g/mol. The fraction of sp³-hybridized carbons (Fsp3) is 0.727. The van der Waals surface area contributed by atoms with E-state index in [-0.39, 0.29) is 17.9 Å². The van der Waals surface area contributed by atoms with Crippen LogP contribution in [0.4, 0.5) is 0 Å². The minimum atomic E-state index is -0.520. The van der Waals surface area contributed by atoms with Gasteiger partial charge < -0.3 is 15.1 Å². The molecule has 2 amide bonds. The number of rotatable bonds is 8. The summed E-state index contributed by atoms with van der Waals surface area (Å²) in [6, 6.07) is 3.49. The molecule has 0 aromatic carbocycles. The molecular formula is C22H35N3O3. The van der Waals surface area contributed by atoms with Crippen molar-refractivity contribution in [3.05, 3.63) is 23.7 Å². The fourth-order valence-electron chi connectivity index (χ4n) is 4.47. The first-order valence-electron chi connectivity index (χ1n) is 10.9. The van der Waals surface area contributed by atoms with Crippen LogP contribution in [0.2, 0.25) is 0 Å². The molecule has 28 heavy (non-hydrogen) atoms. The molecule has 2 aliphatic rings. The van der Waals surface area contributed by atoms with Crippen LogP contribution < -0.4 is 10.6 Å². The summed E-state index contributed by atoms with van der Waals surface area (Å²) in [7, 11) is 0. The zero-order chi connectivity index (χ0) is 19.9. The van der Waals surface area contributed by atoms with Gasteiger partial charge in [-0.3, -0.25) is 14.5 Å². The Labute approximate surface area is 168 Å². The van der Waals surface area contributed by atoms with Gasteiger partial charge in [-0.05, 0) is 70.7 Å². The van der Waals surface area contributed by atoms with Crippen molar-refractivity contribution < 1.29 is 14.0 Å². The molecule has 156 valence electrons. The van der Waals surface area contributed by atoms with Gasteiger partial charge in [-0.15, -0.1) is 0 Å². The Kier molecular flexibility index (Phi) is 7.54. The molecule has 2 atom stereocenters. The first-order valence-corrected chi connectivity index (χ1v) is 10.9. The Bertz CT molecular complexity index is 645. The smallest absolute Gasteiger partial charge is 0.242 e. The Morgan fingerprint density at radius 1 is 1.14 bits per heavy atom. The average Bonchev–Trinajstić information content (AvgIpc) is 3.35. The summed E-state index contributed by atoms with van der Waals surface area (Å²) in [5.41, 5.74) is 0. The number of aryl methyl sites for hydroxylation is 1. The molecule has 6 heteroatoms. The van der Waals surface area contributed by atoms with Crippen LogP contribution in [-0.2, 0) is 9.59 Å². The maximum Gasteiger partial charge on any atom is 0.242 e. The number of nitrogens with one attached hydrogen (secondary N) is 2. The molecular weight excluding hydrogens is 354 g/mol. The fourth-order valence-corrected chi connectivity index (χ4v) is 4.47. The molecule has 2 heterocycles. The summed E-state index contributed by atoms with van der Waals surface area (Å²) in [4.78, 5) is 27.2. The third-order valence-electron chi connectivity index (χ3n) is 6.11. The summed E-state index contributed by atoms with van der Waals surface area (Å²) >= 11 is 0. The summed E-state index contributed by atoms with van der Waals surface area (Å²) < 4.78 is 5.84. The highest BCUT2D eigenvalue weighted by atomic mass is 16.3. The highest BCUT2D eigenvalue weighted by Gasteiger charge is 2.27. The third-order valence-corrected chi connectivity index (χ3v) is 6.11. The van der Waals surface area contributed by atoms with Crippen LogP contribution in [-0.4, -0.2) is 42.4 Å². The van der Waals surface area contributed by atoms with E-state index in [4.69, 9.17) is 4.42 Å². The predicted octanol–water partition coefficient (Wildman–Crippen LogP) is 3.32. The molecule has 1 aromatic rings. The maximum absolute atomic E-state index is 12.6. The second-order valence-corrected chi connectivity index (χ2v) is 8.45. The highest BCUT2D eigenvalue weighted by Crippen LogP contribution is 2.27. The van der Waals surface area contributed by atoms with Crippen molar-refractivity contribution in [3.8, 4) is 0 Å². The van der Waals surface area contributed by atoms with Crippen molar-refractivity contribution in [1.82, 2.24) is 15.5 Å². The van der Waals surface area contributed by atoms with Crippen molar-refractivity contribution >= 4 is 11.8 Å². The van der Waals surface area contributed by atoms with E-state index < -0.39 is 6.04 Å². The van der Waals surface area contributed by atoms with Gasteiger partial charge in [0.25, 0.3) is 0 Å². The molecule has 0 bridgehead atoms. The van der Waals surface area contributed by atoms with Crippen LogP contribution in [0.15, 0.2) is 16.5 Å². The third kappa shape index (κ3) is 5.84. The zero-order valence-corrected chi connectivity index (χ0v) is 17.3. The van der Waals surface area contributed by atoms with E-state index in [1.165, 1.54) is 32.1 Å². The van der Waals surface area contributed by atoms with Gasteiger partial charge in [0, 0.05) is 13.0 Å². The number of hydrogen-bond donors (Lipinski definition) is 2. The summed E-state index contributed by atoms with van der Waals surface area (Å²) in [6.07, 6.45) is 8.89. The zero-order valence-electron chi connectivity index (χ0n) is 17.3. The van der Waals surface area contributed by atoms with Crippen LogP contribution in [0.1, 0.15) is 75.9 Å². The number of furan rings is 1. The number of carbonyl (C=O) groups is 2. The molecule has 2 fully saturated rings. The van der Waals surface area contributed by atoms with Crippen LogP contribution in [0.5, 0.6) is 0 Å². The van der Waals surface area contributed by atoms with Gasteiger partial charge in [0.05, 0.1) is 6.04 Å². The molecule has 0 radical (unpaired) electrons. The molecule has 1 saturated heterocycles. The molecule has 1 aliphatic heterocycles. The van der Waals surface area contributed by atoms with E-state index in [2.05, 4.69) is 15.5 Å². The van der Waals surface area contributed by atoms with Crippen molar-refractivity contribution in [1.29, 1.82) is 0 Å². The van der Waals surface area contributed by atoms with Gasteiger partial charge in [0.15, 0.2) is 0 Å². The second-order valence-electron chi connectivity index (χ2n) is 8.45. The van der Waals surface area contributed by atoms with Crippen molar-refractivity contribution in [3.63, 3.8) is 0 Å². The lowest BCUT2D eigenvalue weighted by Gasteiger charge is -2.27. The molecule has 6 nitrogen and oxygen atoms in total. The average molecular weight is 390 g/mol. The van der Waals surface area contributed by atoms with Crippen LogP contribution in [0.25, 0.3) is 0 Å². The minimum absolute atomic E-state index is 0.00713. The van der Waals surface area contributed by atoms with Crippen molar-refractivity contribution in [2.45, 2.75) is 77.3 Å². The topological polar surface area (TPSA) is 74.6 Å². The quantitative estimate of drug-likeness (QED) is 0.715. The van der Waals surface area contributed by atoms with E-state index in [1.807, 2.05) is 19.1 Å². The summed E-state index contributed by atoms with van der Waals surface area (Å²) in [6.45, 7) is 6.24. The summed E-state index contributed by atoms with van der Waals surface area (Å²) in [5.74, 6) is 2.12. The standard InChI is InChI=1S/C22H35N3O3/c1-16-10-11-20(28-16)19(25-12-6-7-13-25)15-23-22(27)17(2)24-21(26)14-18-8-4-3-5-9-18/h10-11,17-19H,3-9,12-15H2,1-2H3,(H,23,27)(H,24,26). The van der Waals surface area contributed by atoms with E-state index >= 15 is 0 Å². The number of nitrogens with zero attached hydrogens (tertiary/aromatic N) is 1. The van der Waals surface area contributed by atoms with E-state index in [1.54, 1.807) is 6.92 Å². The predicted molar refractivity (Wildman–Crippen MR) is 109 cm³/mol. The molecule has 0 spiro atoms. The van der Waals surface area contributed by atoms with Gasteiger partial charge in [-0.25, -0.2) is 0 Å². The van der Waals surface area contributed by atoms with Gasteiger partial charge in [-0.1, -0.05) is 19.3 Å². The van der Waals surface area contributed by atoms with Crippen molar-refractivity contribution in [2.75, 3.05) is 19.6 Å². The lowest BCUT2D eigenvalue weighted by Crippen LogP contribution is -2.47. The van der Waals surface area contributed by atoms with Gasteiger partial charge >= 0.3 is 0 Å². The Morgan fingerprint density at radius 2 is 1.86 bits per heavy atom. The summed E-state index contributed by atoms with van der Waals surface area (Å²) in [5, 5.41) is 5.90. The number of hydrogen-bond acceptors (Lipinski definition) is 4. The molecule has 1 aromatic heterocycles. The normalized spacial score (nSPS) is 20.6. The molecule has 3 rings (SSSR count). The lowest BCUT2D eigenvalue weighted by molar-refractivity contribution is -0.129. The van der Waals surface area contributed by atoms with E-state index in [0.717, 1.165) is 37.5 Å². The highest BCUT2D eigenvalue weighted by molar-refractivity contribution is 5.87.